The first kappa shape index (κ1) is 17.1. The number of ether oxygens (including phenoxy) is 1. The van der Waals surface area contributed by atoms with E-state index in [9.17, 15) is 0 Å². The van der Waals surface area contributed by atoms with E-state index in [1.165, 1.54) is 11.1 Å². The maximum absolute atomic E-state index is 6.46. The molecule has 0 aromatic heterocycles. The van der Waals surface area contributed by atoms with Crippen LogP contribution >= 0.6 is 12.2 Å². The fourth-order valence-electron chi connectivity index (χ4n) is 3.70. The normalized spacial score (nSPS) is 17.5. The number of hydrogen-bond acceptors (Lipinski definition) is 2. The average molecular weight is 365 g/mol. The van der Waals surface area contributed by atoms with Crippen LogP contribution in [0, 0.1) is 0 Å². The Labute approximate surface area is 160 Å². The highest BCUT2D eigenvalue weighted by atomic mass is 32.1. The van der Waals surface area contributed by atoms with Gasteiger partial charge in [0.05, 0.1) is 0 Å². The maximum atomic E-state index is 6.46. The molecule has 134 valence electrons. The number of rotatable bonds is 2. The van der Waals surface area contributed by atoms with Crippen LogP contribution in [0.3, 0.4) is 0 Å². The first-order chi connectivity index (χ1) is 12.7. The smallest absolute Gasteiger partial charge is 0.168 e. The summed E-state index contributed by atoms with van der Waals surface area (Å²) >= 11 is 5.44. The molecule has 1 fully saturated rings. The Bertz CT molecular complexity index is 823. The second-order valence-corrected chi connectivity index (χ2v) is 7.33. The van der Waals surface area contributed by atoms with Crippen LogP contribution in [-0.2, 0) is 0 Å². The number of piperidine rings is 1. The van der Waals surface area contributed by atoms with E-state index in [1.54, 1.807) is 0 Å². The van der Waals surface area contributed by atoms with Crippen LogP contribution in [-0.4, -0.2) is 35.2 Å². The summed E-state index contributed by atoms with van der Waals surface area (Å²) < 4.78 is 6.46. The molecule has 0 unspecified atom stereocenters. The Kier molecular flexibility index (Phi) is 4.68. The third-order valence-corrected chi connectivity index (χ3v) is 5.62. The van der Waals surface area contributed by atoms with Gasteiger partial charge in [-0.1, -0.05) is 42.5 Å². The summed E-state index contributed by atoms with van der Waals surface area (Å²) in [7, 11) is 0. The van der Waals surface area contributed by atoms with E-state index in [0.29, 0.717) is 0 Å². The molecule has 1 saturated heterocycles. The fourth-order valence-corrected chi connectivity index (χ4v) is 4.02. The fraction of sp³-hybridized carbons (Fsp3) is 0.318. The van der Waals surface area contributed by atoms with Gasteiger partial charge in [0.2, 0.25) is 0 Å². The maximum Gasteiger partial charge on any atom is 0.168 e. The van der Waals surface area contributed by atoms with Crippen molar-refractivity contribution in [1.82, 2.24) is 10.2 Å². The van der Waals surface area contributed by atoms with Gasteiger partial charge in [0, 0.05) is 38.0 Å². The summed E-state index contributed by atoms with van der Waals surface area (Å²) in [6.45, 7) is 4.79. The van der Waals surface area contributed by atoms with Gasteiger partial charge in [-0.25, -0.2) is 0 Å². The molecule has 2 aliphatic heterocycles. The summed E-state index contributed by atoms with van der Waals surface area (Å²) in [5, 5.41) is 4.10. The molecule has 0 amide bonds. The van der Waals surface area contributed by atoms with Crippen LogP contribution in [0.4, 0.5) is 0 Å². The molecule has 0 bridgehead atoms. The van der Waals surface area contributed by atoms with Gasteiger partial charge in [0.1, 0.15) is 11.4 Å². The van der Waals surface area contributed by atoms with Gasteiger partial charge < -0.3 is 15.0 Å². The van der Waals surface area contributed by atoms with E-state index in [-0.39, 0.29) is 5.60 Å². The quantitative estimate of drug-likeness (QED) is 0.794. The predicted octanol–water partition coefficient (Wildman–Crippen LogP) is 4.49. The summed E-state index contributed by atoms with van der Waals surface area (Å²) in [4.78, 5) is 2.25. The van der Waals surface area contributed by atoms with Crippen molar-refractivity contribution in [3.05, 3.63) is 60.2 Å². The van der Waals surface area contributed by atoms with Crippen molar-refractivity contribution in [3.8, 4) is 16.9 Å². The molecule has 4 rings (SSSR count). The summed E-state index contributed by atoms with van der Waals surface area (Å²) in [6.07, 6.45) is 6.38. The summed E-state index contributed by atoms with van der Waals surface area (Å²) in [6, 6.07) is 16.9. The SMILES string of the molecule is CCNC(=S)N1CCC2(C=Cc3cc(-c4ccccc4)ccc3O2)CC1. The Morgan fingerprint density at radius 1 is 1.12 bits per heavy atom. The third-order valence-electron chi connectivity index (χ3n) is 5.22. The molecule has 4 heteroatoms. The number of fused-ring (bicyclic) bond motifs is 1. The number of hydrogen-bond donors (Lipinski definition) is 1. The largest absolute Gasteiger partial charge is 0.482 e. The lowest BCUT2D eigenvalue weighted by Crippen LogP contribution is -2.51. The lowest BCUT2D eigenvalue weighted by Gasteiger charge is -2.42. The first-order valence-electron chi connectivity index (χ1n) is 9.30. The highest BCUT2D eigenvalue weighted by molar-refractivity contribution is 7.80. The Balaban J connectivity index is 1.49. The minimum atomic E-state index is -0.195. The van der Waals surface area contributed by atoms with Gasteiger partial charge >= 0.3 is 0 Å². The van der Waals surface area contributed by atoms with Gasteiger partial charge in [-0.15, -0.1) is 0 Å². The third kappa shape index (κ3) is 3.34. The zero-order valence-electron chi connectivity index (χ0n) is 15.1. The number of benzene rings is 2. The second-order valence-electron chi connectivity index (χ2n) is 6.94. The molecule has 0 aliphatic carbocycles. The van der Waals surface area contributed by atoms with Crippen LogP contribution in [0.1, 0.15) is 25.3 Å². The van der Waals surface area contributed by atoms with Crippen LogP contribution in [0.15, 0.2) is 54.6 Å². The van der Waals surface area contributed by atoms with Crippen LogP contribution in [0.5, 0.6) is 5.75 Å². The number of nitrogens with zero attached hydrogens (tertiary/aromatic N) is 1. The van der Waals surface area contributed by atoms with Gasteiger partial charge in [0.15, 0.2) is 5.11 Å². The molecular formula is C22H24N2OS. The topological polar surface area (TPSA) is 24.5 Å². The van der Waals surface area contributed by atoms with Crippen molar-refractivity contribution >= 4 is 23.4 Å². The molecule has 0 atom stereocenters. The standard InChI is InChI=1S/C22H24N2OS/c1-2-23-21(26)24-14-12-22(13-15-24)11-10-19-16-18(8-9-20(19)25-22)17-6-4-3-5-7-17/h3-11,16H,2,12-15H2,1H3,(H,23,26). The molecule has 2 aromatic carbocycles. The van der Waals surface area contributed by atoms with Crippen molar-refractivity contribution in [3.63, 3.8) is 0 Å². The van der Waals surface area contributed by atoms with Crippen molar-refractivity contribution in [2.45, 2.75) is 25.4 Å². The molecule has 0 radical (unpaired) electrons. The second kappa shape index (κ2) is 7.12. The van der Waals surface area contributed by atoms with Crippen molar-refractivity contribution < 1.29 is 4.74 Å². The van der Waals surface area contributed by atoms with E-state index in [0.717, 1.165) is 48.9 Å². The van der Waals surface area contributed by atoms with Crippen LogP contribution in [0.25, 0.3) is 17.2 Å². The zero-order valence-corrected chi connectivity index (χ0v) is 15.9. The minimum absolute atomic E-state index is 0.195. The van der Waals surface area contributed by atoms with E-state index in [4.69, 9.17) is 17.0 Å². The monoisotopic (exact) mass is 364 g/mol. The van der Waals surface area contributed by atoms with Crippen molar-refractivity contribution in [2.75, 3.05) is 19.6 Å². The minimum Gasteiger partial charge on any atom is -0.482 e. The Morgan fingerprint density at radius 3 is 2.62 bits per heavy atom. The van der Waals surface area contributed by atoms with E-state index in [1.807, 2.05) is 6.07 Å². The summed E-state index contributed by atoms with van der Waals surface area (Å²) in [5.41, 5.74) is 3.41. The first-order valence-corrected chi connectivity index (χ1v) is 9.70. The highest BCUT2D eigenvalue weighted by Gasteiger charge is 2.37. The van der Waals surface area contributed by atoms with Crippen molar-refractivity contribution in [1.29, 1.82) is 0 Å². The lowest BCUT2D eigenvalue weighted by atomic mass is 9.87. The highest BCUT2D eigenvalue weighted by Crippen LogP contribution is 2.38. The molecule has 1 N–H and O–H groups in total. The van der Waals surface area contributed by atoms with E-state index in [2.05, 4.69) is 71.8 Å². The van der Waals surface area contributed by atoms with Crippen molar-refractivity contribution in [2.24, 2.45) is 0 Å². The van der Waals surface area contributed by atoms with Crippen LogP contribution < -0.4 is 10.1 Å². The molecule has 0 saturated carbocycles. The summed E-state index contributed by atoms with van der Waals surface area (Å²) in [5.74, 6) is 0.981. The average Bonchev–Trinajstić information content (AvgIpc) is 2.69. The van der Waals surface area contributed by atoms with Crippen LogP contribution in [0.2, 0.25) is 0 Å². The molecule has 2 aliphatic rings. The number of nitrogens with one attached hydrogen (secondary N) is 1. The zero-order chi connectivity index (χ0) is 18.0. The molecule has 2 heterocycles. The Hall–Kier alpha value is -2.33. The number of thiocarbonyl (C=S) groups is 1. The molecular weight excluding hydrogens is 340 g/mol. The van der Waals surface area contributed by atoms with Gasteiger partial charge in [-0.3, -0.25) is 0 Å². The molecule has 1 spiro atoms. The molecule has 2 aromatic rings. The van der Waals surface area contributed by atoms with Gasteiger partial charge in [-0.2, -0.15) is 0 Å². The van der Waals surface area contributed by atoms with Gasteiger partial charge in [-0.05, 0) is 48.5 Å². The number of likely N-dealkylation sites (tertiary alicyclic amines) is 1. The van der Waals surface area contributed by atoms with E-state index < -0.39 is 0 Å². The molecule has 26 heavy (non-hydrogen) atoms. The predicted molar refractivity (Wildman–Crippen MR) is 111 cm³/mol. The molecule has 3 nitrogen and oxygen atoms in total. The van der Waals surface area contributed by atoms with E-state index >= 15 is 0 Å². The lowest BCUT2D eigenvalue weighted by molar-refractivity contribution is 0.0586. The van der Waals surface area contributed by atoms with Gasteiger partial charge in [0.25, 0.3) is 0 Å². The Morgan fingerprint density at radius 2 is 1.88 bits per heavy atom.